The Morgan fingerprint density at radius 1 is 1.42 bits per heavy atom. The molecule has 6 nitrogen and oxygen atoms in total. The van der Waals surface area contributed by atoms with Crippen LogP contribution < -0.4 is 10.5 Å². The summed E-state index contributed by atoms with van der Waals surface area (Å²) < 4.78 is 7.44. The molecule has 100 valence electrons. The summed E-state index contributed by atoms with van der Waals surface area (Å²) in [5, 5.41) is 13.1. The SMILES string of the molecule is Cc1nn(C)c(C)c1Oc1ccc(C(=O)O)cc1N. The number of ether oxygens (including phenoxy) is 1. The Labute approximate surface area is 110 Å². The highest BCUT2D eigenvalue weighted by atomic mass is 16.5. The smallest absolute Gasteiger partial charge is 0.335 e. The molecule has 1 heterocycles. The van der Waals surface area contributed by atoms with Gasteiger partial charge in [0.25, 0.3) is 0 Å². The lowest BCUT2D eigenvalue weighted by molar-refractivity contribution is 0.0697. The van der Waals surface area contributed by atoms with Crippen LogP contribution in [0.3, 0.4) is 0 Å². The van der Waals surface area contributed by atoms with E-state index in [1.165, 1.54) is 12.1 Å². The van der Waals surface area contributed by atoms with Crippen molar-refractivity contribution < 1.29 is 14.6 Å². The van der Waals surface area contributed by atoms with Crippen molar-refractivity contribution >= 4 is 11.7 Å². The fraction of sp³-hybridized carbons (Fsp3) is 0.231. The summed E-state index contributed by atoms with van der Waals surface area (Å²) >= 11 is 0. The first-order valence-electron chi connectivity index (χ1n) is 5.71. The van der Waals surface area contributed by atoms with E-state index in [0.29, 0.717) is 11.5 Å². The van der Waals surface area contributed by atoms with E-state index < -0.39 is 5.97 Å². The van der Waals surface area contributed by atoms with Gasteiger partial charge in [-0.1, -0.05) is 0 Å². The Balaban J connectivity index is 2.36. The summed E-state index contributed by atoms with van der Waals surface area (Å²) in [6, 6.07) is 4.37. The lowest BCUT2D eigenvalue weighted by Crippen LogP contribution is -2.00. The van der Waals surface area contributed by atoms with E-state index in [4.69, 9.17) is 15.6 Å². The zero-order valence-electron chi connectivity index (χ0n) is 11.0. The Hall–Kier alpha value is -2.50. The largest absolute Gasteiger partial charge is 0.478 e. The fourth-order valence-electron chi connectivity index (χ4n) is 1.79. The minimum atomic E-state index is -1.02. The monoisotopic (exact) mass is 261 g/mol. The van der Waals surface area contributed by atoms with Gasteiger partial charge in [0.1, 0.15) is 5.69 Å². The second-order valence-electron chi connectivity index (χ2n) is 4.28. The van der Waals surface area contributed by atoms with E-state index in [1.54, 1.807) is 10.7 Å². The highest BCUT2D eigenvalue weighted by Crippen LogP contribution is 2.32. The van der Waals surface area contributed by atoms with Crippen LogP contribution in [0.5, 0.6) is 11.5 Å². The van der Waals surface area contributed by atoms with Gasteiger partial charge in [0.05, 0.1) is 16.9 Å². The molecule has 0 aliphatic heterocycles. The van der Waals surface area contributed by atoms with Crippen LogP contribution in [0.15, 0.2) is 18.2 Å². The molecule has 0 bridgehead atoms. The quantitative estimate of drug-likeness (QED) is 0.826. The number of anilines is 1. The first-order valence-corrected chi connectivity index (χ1v) is 5.71. The number of nitrogens with zero attached hydrogens (tertiary/aromatic N) is 2. The summed E-state index contributed by atoms with van der Waals surface area (Å²) in [7, 11) is 1.83. The number of aryl methyl sites for hydroxylation is 2. The van der Waals surface area contributed by atoms with Crippen molar-refractivity contribution in [1.29, 1.82) is 0 Å². The Bertz CT molecular complexity index is 647. The van der Waals surface area contributed by atoms with E-state index in [0.717, 1.165) is 11.4 Å². The van der Waals surface area contributed by atoms with Crippen LogP contribution in [0, 0.1) is 13.8 Å². The zero-order chi connectivity index (χ0) is 14.2. The van der Waals surface area contributed by atoms with Gasteiger partial charge in [0.15, 0.2) is 11.5 Å². The summed E-state index contributed by atoms with van der Waals surface area (Å²) in [6.07, 6.45) is 0. The average Bonchev–Trinajstić information content (AvgIpc) is 2.58. The van der Waals surface area contributed by atoms with Crippen molar-refractivity contribution in [3.8, 4) is 11.5 Å². The molecule has 0 fully saturated rings. The number of nitrogens with two attached hydrogens (primary N) is 1. The minimum Gasteiger partial charge on any atom is -0.478 e. The highest BCUT2D eigenvalue weighted by Gasteiger charge is 2.14. The third kappa shape index (κ3) is 2.37. The van der Waals surface area contributed by atoms with Crippen LogP contribution in [-0.4, -0.2) is 20.9 Å². The Morgan fingerprint density at radius 3 is 2.58 bits per heavy atom. The van der Waals surface area contributed by atoms with Crippen LogP contribution in [0.25, 0.3) is 0 Å². The lowest BCUT2D eigenvalue weighted by Gasteiger charge is -2.09. The number of rotatable bonds is 3. The van der Waals surface area contributed by atoms with Gasteiger partial charge in [-0.05, 0) is 32.0 Å². The van der Waals surface area contributed by atoms with Crippen LogP contribution in [0.1, 0.15) is 21.7 Å². The van der Waals surface area contributed by atoms with E-state index in [9.17, 15) is 4.79 Å². The molecule has 0 amide bonds. The standard InChI is InChI=1S/C13H15N3O3/c1-7-12(8(2)16(3)15-7)19-11-5-4-9(13(17)18)6-10(11)14/h4-6H,14H2,1-3H3,(H,17,18). The molecule has 6 heteroatoms. The molecule has 3 N–H and O–H groups in total. The van der Waals surface area contributed by atoms with Gasteiger partial charge in [0.2, 0.25) is 0 Å². The van der Waals surface area contributed by atoms with Crippen LogP contribution in [0.4, 0.5) is 5.69 Å². The molecule has 0 spiro atoms. The number of hydrogen-bond acceptors (Lipinski definition) is 4. The molecule has 1 aromatic carbocycles. The van der Waals surface area contributed by atoms with Crippen molar-refractivity contribution in [3.63, 3.8) is 0 Å². The Morgan fingerprint density at radius 2 is 2.11 bits per heavy atom. The molecule has 0 saturated carbocycles. The molecule has 0 radical (unpaired) electrons. The first-order chi connectivity index (χ1) is 8.90. The molecular formula is C13H15N3O3. The average molecular weight is 261 g/mol. The molecular weight excluding hydrogens is 246 g/mol. The molecule has 2 rings (SSSR count). The predicted octanol–water partition coefficient (Wildman–Crippen LogP) is 2.11. The lowest BCUT2D eigenvalue weighted by atomic mass is 10.2. The predicted molar refractivity (Wildman–Crippen MR) is 70.6 cm³/mol. The number of nitrogen functional groups attached to an aromatic ring is 1. The molecule has 0 saturated heterocycles. The van der Waals surface area contributed by atoms with Gasteiger partial charge in [-0.2, -0.15) is 5.10 Å². The number of carboxylic acid groups (broad SMARTS) is 1. The molecule has 19 heavy (non-hydrogen) atoms. The fourth-order valence-corrected chi connectivity index (χ4v) is 1.79. The number of benzene rings is 1. The van der Waals surface area contributed by atoms with Crippen LogP contribution >= 0.6 is 0 Å². The third-order valence-electron chi connectivity index (χ3n) is 2.91. The topological polar surface area (TPSA) is 90.4 Å². The highest BCUT2D eigenvalue weighted by molar-refractivity contribution is 5.89. The number of hydrogen-bond donors (Lipinski definition) is 2. The van der Waals surface area contributed by atoms with Gasteiger partial charge in [0, 0.05) is 7.05 Å². The summed E-state index contributed by atoms with van der Waals surface area (Å²) in [5.74, 6) is 0.0356. The van der Waals surface area contributed by atoms with Gasteiger partial charge >= 0.3 is 5.97 Å². The van der Waals surface area contributed by atoms with E-state index in [-0.39, 0.29) is 11.3 Å². The first kappa shape index (κ1) is 12.9. The number of aromatic carboxylic acids is 1. The van der Waals surface area contributed by atoms with Crippen molar-refractivity contribution in [3.05, 3.63) is 35.2 Å². The van der Waals surface area contributed by atoms with Gasteiger partial charge in [-0.15, -0.1) is 0 Å². The van der Waals surface area contributed by atoms with Gasteiger partial charge in [-0.25, -0.2) is 4.79 Å². The molecule has 0 aliphatic carbocycles. The van der Waals surface area contributed by atoms with E-state index in [1.807, 2.05) is 20.9 Å². The summed E-state index contributed by atoms with van der Waals surface area (Å²) in [4.78, 5) is 10.8. The van der Waals surface area contributed by atoms with Crippen molar-refractivity contribution in [2.45, 2.75) is 13.8 Å². The number of carboxylic acids is 1. The maximum atomic E-state index is 10.8. The van der Waals surface area contributed by atoms with Crippen LogP contribution in [0.2, 0.25) is 0 Å². The summed E-state index contributed by atoms with van der Waals surface area (Å²) in [5.41, 5.74) is 7.83. The number of carbonyl (C=O) groups is 1. The molecule has 1 aromatic heterocycles. The maximum Gasteiger partial charge on any atom is 0.335 e. The van der Waals surface area contributed by atoms with Crippen LogP contribution in [-0.2, 0) is 7.05 Å². The summed E-state index contributed by atoms with van der Waals surface area (Å²) in [6.45, 7) is 3.72. The number of aromatic nitrogens is 2. The second-order valence-corrected chi connectivity index (χ2v) is 4.28. The van der Waals surface area contributed by atoms with Crippen molar-refractivity contribution in [2.75, 3.05) is 5.73 Å². The molecule has 0 atom stereocenters. The van der Waals surface area contributed by atoms with Crippen molar-refractivity contribution in [1.82, 2.24) is 9.78 Å². The normalized spacial score (nSPS) is 10.5. The Kier molecular flexibility index (Phi) is 3.16. The van der Waals surface area contributed by atoms with E-state index >= 15 is 0 Å². The van der Waals surface area contributed by atoms with Gasteiger partial charge < -0.3 is 15.6 Å². The maximum absolute atomic E-state index is 10.8. The van der Waals surface area contributed by atoms with E-state index in [2.05, 4.69) is 5.10 Å². The zero-order valence-corrected chi connectivity index (χ0v) is 11.0. The molecule has 0 aliphatic rings. The minimum absolute atomic E-state index is 0.129. The molecule has 2 aromatic rings. The van der Waals surface area contributed by atoms with Crippen molar-refractivity contribution in [2.24, 2.45) is 7.05 Å². The van der Waals surface area contributed by atoms with Gasteiger partial charge in [-0.3, -0.25) is 4.68 Å². The second kappa shape index (κ2) is 4.64. The third-order valence-corrected chi connectivity index (χ3v) is 2.91. The molecule has 0 unspecified atom stereocenters.